The first-order valence-electron chi connectivity index (χ1n) is 6.41. The Balaban J connectivity index is 2.15. The van der Waals surface area contributed by atoms with Crippen molar-refractivity contribution in [2.24, 2.45) is 7.05 Å². The number of carbonyl (C=O) groups is 1. The maximum atomic E-state index is 12.9. The van der Waals surface area contributed by atoms with E-state index in [0.29, 0.717) is 0 Å². The van der Waals surface area contributed by atoms with Gasteiger partial charge in [0.2, 0.25) is 5.91 Å². The summed E-state index contributed by atoms with van der Waals surface area (Å²) in [6.07, 6.45) is -4.57. The number of hydrogen-bond acceptors (Lipinski definition) is 4. The zero-order chi connectivity index (χ0) is 17.2. The minimum absolute atomic E-state index is 0.136. The van der Waals surface area contributed by atoms with Crippen LogP contribution in [0.2, 0.25) is 0 Å². The number of aryl methyl sites for hydroxylation is 1. The number of halogens is 3. The van der Waals surface area contributed by atoms with Gasteiger partial charge in [0, 0.05) is 0 Å². The molecule has 0 spiro atoms. The molecule has 2 aromatic rings. The molecule has 1 aromatic heterocycles. The molecule has 2 rings (SSSR count). The Morgan fingerprint density at radius 1 is 1.39 bits per heavy atom. The molecule has 1 amide bonds. The molecule has 2 N–H and O–H groups in total. The number of carbonyl (C=O) groups excluding carboxylic acids is 1. The van der Waals surface area contributed by atoms with Gasteiger partial charge in [0.05, 0.1) is 16.5 Å². The molecular formula is C13H13F3N3O3S+. The lowest BCUT2D eigenvalue weighted by Crippen LogP contribution is -2.35. The van der Waals surface area contributed by atoms with Crippen LogP contribution in [0.3, 0.4) is 0 Å². The Morgan fingerprint density at radius 2 is 2.04 bits per heavy atom. The third-order valence-electron chi connectivity index (χ3n) is 2.90. The van der Waals surface area contributed by atoms with Crippen molar-refractivity contribution in [1.29, 1.82) is 0 Å². The summed E-state index contributed by atoms with van der Waals surface area (Å²) in [5, 5.41) is 3.86. The molecule has 0 aliphatic rings. The van der Waals surface area contributed by atoms with E-state index in [1.807, 2.05) is 0 Å². The van der Waals surface area contributed by atoms with E-state index in [0.717, 1.165) is 17.8 Å². The molecule has 1 unspecified atom stereocenters. The lowest BCUT2D eigenvalue weighted by molar-refractivity contribution is -0.772. The van der Waals surface area contributed by atoms with Crippen molar-refractivity contribution in [3.63, 3.8) is 0 Å². The Morgan fingerprint density at radius 3 is 2.61 bits per heavy atom. The van der Waals surface area contributed by atoms with Crippen molar-refractivity contribution in [2.75, 3.05) is 5.32 Å². The standard InChI is InChI=1S/C13H12F3N3O3S/c1-7(23-11-12(21)22-18-19(11)2)10(20)17-9-6-4-3-5-8(9)13(14,15)16/h3-7H,1-2H3,(H-,17,18,20,21)/p+1. The van der Waals surface area contributed by atoms with Crippen molar-refractivity contribution in [1.82, 2.24) is 5.27 Å². The molecule has 0 radical (unpaired) electrons. The number of rotatable bonds is 4. The minimum Gasteiger partial charge on any atom is -0.325 e. The first kappa shape index (κ1) is 17.1. The highest BCUT2D eigenvalue weighted by Gasteiger charge is 2.34. The summed E-state index contributed by atoms with van der Waals surface area (Å²) in [6.45, 7) is 1.47. The normalized spacial score (nSPS) is 12.9. The molecule has 0 aliphatic heterocycles. The average Bonchev–Trinajstić information content (AvgIpc) is 2.78. The largest absolute Gasteiger partial charge is 0.441 e. The van der Waals surface area contributed by atoms with Gasteiger partial charge >= 0.3 is 16.8 Å². The number of aromatic amines is 1. The third-order valence-corrected chi connectivity index (χ3v) is 4.13. The number of amides is 1. The highest BCUT2D eigenvalue weighted by atomic mass is 32.2. The number of hydrogen-bond donors (Lipinski definition) is 2. The van der Waals surface area contributed by atoms with Gasteiger partial charge in [0.15, 0.2) is 7.05 Å². The van der Waals surface area contributed by atoms with Crippen LogP contribution in [-0.2, 0) is 18.0 Å². The molecule has 124 valence electrons. The number of H-pyrrole nitrogens is 1. The Kier molecular flexibility index (Phi) is 4.83. The van der Waals surface area contributed by atoms with Crippen molar-refractivity contribution >= 4 is 23.4 Å². The molecule has 1 aromatic carbocycles. The molecule has 0 fully saturated rings. The molecule has 1 heterocycles. The number of alkyl halides is 3. The summed E-state index contributed by atoms with van der Waals surface area (Å²) in [6, 6.07) is 4.68. The summed E-state index contributed by atoms with van der Waals surface area (Å²) in [5.41, 5.74) is -1.92. The van der Waals surface area contributed by atoms with Crippen LogP contribution in [0.4, 0.5) is 18.9 Å². The molecule has 23 heavy (non-hydrogen) atoms. The second-order valence-electron chi connectivity index (χ2n) is 4.64. The zero-order valence-corrected chi connectivity index (χ0v) is 12.9. The molecule has 0 bridgehead atoms. The van der Waals surface area contributed by atoms with Crippen LogP contribution in [0.15, 0.2) is 38.6 Å². The van der Waals surface area contributed by atoms with Gasteiger partial charge in [-0.15, -0.1) is 0 Å². The predicted molar refractivity (Wildman–Crippen MR) is 75.9 cm³/mol. The molecular weight excluding hydrogens is 335 g/mol. The predicted octanol–water partition coefficient (Wildman–Crippen LogP) is 1.93. The van der Waals surface area contributed by atoms with Crippen molar-refractivity contribution in [3.8, 4) is 0 Å². The number of thioether (sulfide) groups is 1. The Hall–Kier alpha value is -2.23. The second-order valence-corrected chi connectivity index (χ2v) is 5.97. The van der Waals surface area contributed by atoms with E-state index in [2.05, 4.69) is 15.1 Å². The van der Waals surface area contributed by atoms with Crippen LogP contribution in [0.5, 0.6) is 0 Å². The van der Waals surface area contributed by atoms with Gasteiger partial charge in [0.1, 0.15) is 0 Å². The Bertz CT molecular complexity index is 770. The molecule has 10 heteroatoms. The smallest absolute Gasteiger partial charge is 0.325 e. The van der Waals surface area contributed by atoms with Gasteiger partial charge in [-0.3, -0.25) is 9.32 Å². The van der Waals surface area contributed by atoms with Crippen LogP contribution in [0, 0.1) is 0 Å². The fourth-order valence-electron chi connectivity index (χ4n) is 1.75. The monoisotopic (exact) mass is 348 g/mol. The lowest BCUT2D eigenvalue weighted by Gasteiger charge is -2.15. The van der Waals surface area contributed by atoms with Crippen molar-refractivity contribution in [2.45, 2.75) is 23.4 Å². The zero-order valence-electron chi connectivity index (χ0n) is 12.1. The van der Waals surface area contributed by atoms with Crippen LogP contribution >= 0.6 is 11.8 Å². The van der Waals surface area contributed by atoms with Crippen LogP contribution < -0.4 is 15.6 Å². The number of nitrogens with one attached hydrogen (secondary N) is 2. The summed E-state index contributed by atoms with van der Waals surface area (Å²) in [4.78, 5) is 23.5. The second kappa shape index (κ2) is 6.49. The molecule has 6 nitrogen and oxygen atoms in total. The molecule has 0 aliphatic carbocycles. The molecule has 0 saturated carbocycles. The van der Waals surface area contributed by atoms with E-state index in [-0.39, 0.29) is 10.7 Å². The molecule has 0 saturated heterocycles. The van der Waals surface area contributed by atoms with Crippen molar-refractivity contribution in [3.05, 3.63) is 40.2 Å². The van der Waals surface area contributed by atoms with Crippen LogP contribution in [0.1, 0.15) is 12.5 Å². The summed E-state index contributed by atoms with van der Waals surface area (Å²) < 4.78 is 44.5. The number of benzene rings is 1. The first-order chi connectivity index (χ1) is 10.7. The average molecular weight is 348 g/mol. The highest BCUT2D eigenvalue weighted by Crippen LogP contribution is 2.34. The maximum Gasteiger partial charge on any atom is 0.441 e. The SMILES string of the molecule is CC(Sc1c(=O)o[nH][n+]1C)C(=O)Nc1ccccc1C(F)(F)F. The van der Waals surface area contributed by atoms with Crippen molar-refractivity contribution < 1.29 is 27.2 Å². The van der Waals surface area contributed by atoms with Crippen LogP contribution in [-0.4, -0.2) is 16.4 Å². The van der Waals surface area contributed by atoms with Gasteiger partial charge in [-0.2, -0.15) is 13.2 Å². The van der Waals surface area contributed by atoms with Crippen LogP contribution in [0.25, 0.3) is 0 Å². The number of aromatic nitrogens is 2. The van der Waals surface area contributed by atoms with E-state index in [4.69, 9.17) is 0 Å². The van der Waals surface area contributed by atoms with Gasteiger partial charge in [-0.25, -0.2) is 4.79 Å². The van der Waals surface area contributed by atoms with Gasteiger partial charge in [0.25, 0.3) is 0 Å². The van der Waals surface area contributed by atoms with Gasteiger partial charge in [-0.05, 0) is 36.1 Å². The van der Waals surface area contributed by atoms with Gasteiger partial charge < -0.3 is 5.32 Å². The highest BCUT2D eigenvalue weighted by molar-refractivity contribution is 8.00. The number of anilines is 1. The minimum atomic E-state index is -4.57. The fraction of sp³-hybridized carbons (Fsp3) is 0.308. The fourth-order valence-corrected chi connectivity index (χ4v) is 2.59. The summed E-state index contributed by atoms with van der Waals surface area (Å²) >= 11 is 0.876. The number of nitrogens with zero attached hydrogens (tertiary/aromatic N) is 1. The Labute approximate surface area is 132 Å². The maximum absolute atomic E-state index is 12.9. The van der Waals surface area contributed by atoms with E-state index in [9.17, 15) is 22.8 Å². The van der Waals surface area contributed by atoms with E-state index in [1.54, 1.807) is 0 Å². The third kappa shape index (κ3) is 3.95. The summed E-state index contributed by atoms with van der Waals surface area (Å²) in [5.74, 6) is -0.660. The first-order valence-corrected chi connectivity index (χ1v) is 7.29. The van der Waals surface area contributed by atoms with Gasteiger partial charge in [-0.1, -0.05) is 16.8 Å². The summed E-state index contributed by atoms with van der Waals surface area (Å²) in [7, 11) is 1.51. The quantitative estimate of drug-likeness (QED) is 0.654. The van der Waals surface area contributed by atoms with E-state index in [1.165, 1.54) is 36.9 Å². The number of para-hydroxylation sites is 1. The topological polar surface area (TPSA) is 79.0 Å². The van der Waals surface area contributed by atoms with E-state index >= 15 is 0 Å². The van der Waals surface area contributed by atoms with E-state index < -0.39 is 28.5 Å². The molecule has 1 atom stereocenters. The lowest BCUT2D eigenvalue weighted by atomic mass is 10.1.